The van der Waals surface area contributed by atoms with Crippen molar-refractivity contribution >= 4 is 5.91 Å². The number of amides is 1. The van der Waals surface area contributed by atoms with Gasteiger partial charge in [-0.05, 0) is 30.5 Å². The zero-order valence-corrected chi connectivity index (χ0v) is 11.4. The molecule has 0 aliphatic heterocycles. The molecule has 0 heterocycles. The van der Waals surface area contributed by atoms with E-state index >= 15 is 0 Å². The van der Waals surface area contributed by atoms with Crippen molar-refractivity contribution in [2.45, 2.75) is 32.9 Å². The third-order valence-corrected chi connectivity index (χ3v) is 3.00. The first-order chi connectivity index (χ1) is 8.45. The van der Waals surface area contributed by atoms with Gasteiger partial charge in [-0.25, -0.2) is 0 Å². The van der Waals surface area contributed by atoms with Gasteiger partial charge in [0, 0.05) is 0 Å². The Morgan fingerprint density at radius 2 is 1.78 bits per heavy atom. The maximum absolute atomic E-state index is 11.8. The average Bonchev–Trinajstić information content (AvgIpc) is 2.37. The topological polar surface area (TPSA) is 64.3 Å². The Bertz CT molecular complexity index is 387. The summed E-state index contributed by atoms with van der Waals surface area (Å²) in [6.45, 7) is 5.80. The van der Waals surface area contributed by atoms with Crippen LogP contribution in [0.5, 0.6) is 5.75 Å². The number of nitrogens with one attached hydrogen (secondary N) is 1. The van der Waals surface area contributed by atoms with Crippen LogP contribution < -0.4 is 15.8 Å². The number of methoxy groups -OCH3 is 1. The summed E-state index contributed by atoms with van der Waals surface area (Å²) in [5, 5.41) is 2.91. The summed E-state index contributed by atoms with van der Waals surface area (Å²) < 4.78 is 5.09. The van der Waals surface area contributed by atoms with E-state index in [9.17, 15) is 4.79 Å². The summed E-state index contributed by atoms with van der Waals surface area (Å²) in [5.41, 5.74) is 6.83. The summed E-state index contributed by atoms with van der Waals surface area (Å²) in [4.78, 5) is 11.8. The molecule has 0 radical (unpaired) electrons. The molecule has 0 aliphatic rings. The van der Waals surface area contributed by atoms with Crippen LogP contribution in [0.4, 0.5) is 0 Å². The van der Waals surface area contributed by atoms with E-state index in [1.54, 1.807) is 7.11 Å². The molecule has 100 valence electrons. The molecule has 0 bridgehead atoms. The van der Waals surface area contributed by atoms with Gasteiger partial charge >= 0.3 is 0 Å². The van der Waals surface area contributed by atoms with Gasteiger partial charge in [-0.3, -0.25) is 4.79 Å². The number of nitrogens with two attached hydrogens (primary N) is 1. The number of carbonyl (C=O) groups is 1. The van der Waals surface area contributed by atoms with Gasteiger partial charge in [0.25, 0.3) is 0 Å². The Balaban J connectivity index is 2.64. The van der Waals surface area contributed by atoms with Crippen LogP contribution in [0.2, 0.25) is 0 Å². The van der Waals surface area contributed by atoms with E-state index in [1.165, 1.54) is 0 Å². The third-order valence-electron chi connectivity index (χ3n) is 3.00. The van der Waals surface area contributed by atoms with Crippen LogP contribution >= 0.6 is 0 Å². The fourth-order valence-electron chi connectivity index (χ4n) is 1.59. The van der Waals surface area contributed by atoms with E-state index in [4.69, 9.17) is 10.5 Å². The molecule has 0 saturated heterocycles. The molecule has 0 saturated carbocycles. The first-order valence-electron chi connectivity index (χ1n) is 6.15. The molecule has 1 amide bonds. The minimum atomic E-state index is -0.467. The Kier molecular flexibility index (Phi) is 5.16. The predicted molar refractivity (Wildman–Crippen MR) is 72.4 cm³/mol. The van der Waals surface area contributed by atoms with Crippen LogP contribution in [0.15, 0.2) is 24.3 Å². The van der Waals surface area contributed by atoms with Crippen LogP contribution in [0.1, 0.15) is 32.4 Å². The van der Waals surface area contributed by atoms with Gasteiger partial charge in [-0.1, -0.05) is 26.0 Å². The molecule has 0 aliphatic carbocycles. The fourth-order valence-corrected chi connectivity index (χ4v) is 1.59. The molecule has 18 heavy (non-hydrogen) atoms. The van der Waals surface area contributed by atoms with Crippen molar-refractivity contribution in [3.8, 4) is 5.75 Å². The van der Waals surface area contributed by atoms with E-state index < -0.39 is 6.04 Å². The van der Waals surface area contributed by atoms with Crippen LogP contribution in [0.25, 0.3) is 0 Å². The minimum Gasteiger partial charge on any atom is -0.497 e. The first-order valence-corrected chi connectivity index (χ1v) is 6.15. The lowest BCUT2D eigenvalue weighted by Gasteiger charge is -2.20. The zero-order chi connectivity index (χ0) is 13.7. The van der Waals surface area contributed by atoms with Crippen molar-refractivity contribution < 1.29 is 9.53 Å². The van der Waals surface area contributed by atoms with Crippen LogP contribution in [-0.4, -0.2) is 19.1 Å². The SMILES string of the molecule is COc1ccc([C@H](C)NC(=O)C(N)C(C)C)cc1. The van der Waals surface area contributed by atoms with Gasteiger partial charge in [-0.2, -0.15) is 0 Å². The molecule has 0 aromatic heterocycles. The molecular weight excluding hydrogens is 228 g/mol. The van der Waals surface area contributed by atoms with Gasteiger partial charge in [0.1, 0.15) is 5.75 Å². The lowest BCUT2D eigenvalue weighted by Crippen LogP contribution is -2.44. The lowest BCUT2D eigenvalue weighted by molar-refractivity contribution is -0.123. The molecular formula is C14H22N2O2. The fraction of sp³-hybridized carbons (Fsp3) is 0.500. The van der Waals surface area contributed by atoms with E-state index in [1.807, 2.05) is 45.0 Å². The second-order valence-corrected chi connectivity index (χ2v) is 4.77. The summed E-state index contributed by atoms with van der Waals surface area (Å²) in [7, 11) is 1.63. The largest absolute Gasteiger partial charge is 0.497 e. The van der Waals surface area contributed by atoms with E-state index in [-0.39, 0.29) is 17.9 Å². The second-order valence-electron chi connectivity index (χ2n) is 4.77. The number of carbonyl (C=O) groups excluding carboxylic acids is 1. The number of hydrogen-bond donors (Lipinski definition) is 2. The second kappa shape index (κ2) is 6.40. The van der Waals surface area contributed by atoms with Gasteiger partial charge in [0.05, 0.1) is 19.2 Å². The molecule has 1 aromatic rings. The Hall–Kier alpha value is -1.55. The molecule has 0 spiro atoms. The maximum Gasteiger partial charge on any atom is 0.237 e. The highest BCUT2D eigenvalue weighted by atomic mass is 16.5. The lowest BCUT2D eigenvalue weighted by atomic mass is 10.0. The first kappa shape index (κ1) is 14.5. The van der Waals surface area contributed by atoms with Crippen LogP contribution in [0, 0.1) is 5.92 Å². The summed E-state index contributed by atoms with van der Waals surface area (Å²) in [6.07, 6.45) is 0. The number of benzene rings is 1. The summed E-state index contributed by atoms with van der Waals surface area (Å²) in [5.74, 6) is 0.817. The molecule has 1 aromatic carbocycles. The zero-order valence-electron chi connectivity index (χ0n) is 11.4. The van der Waals surface area contributed by atoms with Crippen molar-refractivity contribution in [3.63, 3.8) is 0 Å². The standard InChI is InChI=1S/C14H22N2O2/c1-9(2)13(15)14(17)16-10(3)11-5-7-12(18-4)8-6-11/h5-10,13H,15H2,1-4H3,(H,16,17)/t10-,13?/m0/s1. The number of ether oxygens (including phenoxy) is 1. The van der Waals surface area contributed by atoms with Crippen LogP contribution in [0.3, 0.4) is 0 Å². The highest BCUT2D eigenvalue weighted by Crippen LogP contribution is 2.17. The smallest absolute Gasteiger partial charge is 0.237 e. The van der Waals surface area contributed by atoms with Crippen molar-refractivity contribution in [1.29, 1.82) is 0 Å². The average molecular weight is 250 g/mol. The molecule has 1 rings (SSSR count). The van der Waals surface area contributed by atoms with Gasteiger partial charge in [0.15, 0.2) is 0 Å². The number of rotatable bonds is 5. The van der Waals surface area contributed by atoms with Crippen molar-refractivity contribution in [1.82, 2.24) is 5.32 Å². The summed E-state index contributed by atoms with van der Waals surface area (Å²) in [6, 6.07) is 7.09. The van der Waals surface area contributed by atoms with Gasteiger partial charge in [0.2, 0.25) is 5.91 Å². The van der Waals surface area contributed by atoms with Crippen molar-refractivity contribution in [3.05, 3.63) is 29.8 Å². The normalized spacial score (nSPS) is 14.1. The Morgan fingerprint density at radius 1 is 1.22 bits per heavy atom. The molecule has 3 N–H and O–H groups in total. The Labute approximate surface area is 109 Å². The van der Waals surface area contributed by atoms with Gasteiger partial charge < -0.3 is 15.8 Å². The summed E-state index contributed by atoms with van der Waals surface area (Å²) >= 11 is 0. The highest BCUT2D eigenvalue weighted by Gasteiger charge is 2.19. The molecule has 2 atom stereocenters. The highest BCUT2D eigenvalue weighted by molar-refractivity contribution is 5.82. The molecule has 0 fully saturated rings. The number of hydrogen-bond acceptors (Lipinski definition) is 3. The van der Waals surface area contributed by atoms with E-state index in [0.717, 1.165) is 11.3 Å². The van der Waals surface area contributed by atoms with Crippen molar-refractivity contribution in [2.24, 2.45) is 11.7 Å². The maximum atomic E-state index is 11.8. The van der Waals surface area contributed by atoms with Gasteiger partial charge in [-0.15, -0.1) is 0 Å². The quantitative estimate of drug-likeness (QED) is 0.838. The predicted octanol–water partition coefficient (Wildman–Crippen LogP) is 1.86. The molecule has 4 nitrogen and oxygen atoms in total. The van der Waals surface area contributed by atoms with Crippen LogP contribution in [-0.2, 0) is 4.79 Å². The Morgan fingerprint density at radius 3 is 2.22 bits per heavy atom. The van der Waals surface area contributed by atoms with E-state index in [0.29, 0.717) is 0 Å². The van der Waals surface area contributed by atoms with Crippen molar-refractivity contribution in [2.75, 3.05) is 7.11 Å². The monoisotopic (exact) mass is 250 g/mol. The molecule has 1 unspecified atom stereocenters. The third kappa shape index (κ3) is 3.74. The van der Waals surface area contributed by atoms with E-state index in [2.05, 4.69) is 5.32 Å². The minimum absolute atomic E-state index is 0.0618. The molecule has 4 heteroatoms.